The van der Waals surface area contributed by atoms with Gasteiger partial charge in [0.05, 0.1) is 0 Å². The number of halogens is 1. The first-order chi connectivity index (χ1) is 10.0. The molecule has 0 aliphatic carbocycles. The molecule has 1 heteroatoms. The van der Waals surface area contributed by atoms with Crippen molar-refractivity contribution in [2.45, 2.75) is 40.5 Å². The van der Waals surface area contributed by atoms with E-state index in [1.807, 2.05) is 0 Å². The molecule has 0 amide bonds. The first-order valence-electron chi connectivity index (χ1n) is 7.68. The third-order valence-corrected chi connectivity index (χ3v) is 5.24. The maximum atomic E-state index is 3.72. The molecule has 0 saturated heterocycles. The van der Waals surface area contributed by atoms with E-state index < -0.39 is 0 Å². The summed E-state index contributed by atoms with van der Waals surface area (Å²) in [6, 6.07) is 13.4. The van der Waals surface area contributed by atoms with E-state index in [4.69, 9.17) is 0 Å². The molecule has 0 fully saturated rings. The lowest BCUT2D eigenvalue weighted by atomic mass is 9.88. The van der Waals surface area contributed by atoms with E-state index in [-0.39, 0.29) is 0 Å². The van der Waals surface area contributed by atoms with E-state index in [1.165, 1.54) is 33.4 Å². The van der Waals surface area contributed by atoms with Crippen molar-refractivity contribution in [2.75, 3.05) is 5.33 Å². The quantitative estimate of drug-likeness (QED) is 0.608. The van der Waals surface area contributed by atoms with Crippen LogP contribution in [0.4, 0.5) is 0 Å². The summed E-state index contributed by atoms with van der Waals surface area (Å²) in [7, 11) is 0. The fraction of sp³-hybridized carbons (Fsp3) is 0.400. The zero-order valence-electron chi connectivity index (χ0n) is 13.5. The van der Waals surface area contributed by atoms with Crippen molar-refractivity contribution in [3.63, 3.8) is 0 Å². The molecule has 0 aromatic heterocycles. The average Bonchev–Trinajstić information content (AvgIpc) is 2.43. The minimum Gasteiger partial charge on any atom is -0.0925 e. The number of hydrogen-bond acceptors (Lipinski definition) is 0. The second-order valence-electron chi connectivity index (χ2n) is 6.23. The number of hydrogen-bond donors (Lipinski definition) is 0. The molecule has 2 aromatic carbocycles. The van der Waals surface area contributed by atoms with Crippen molar-refractivity contribution in [1.82, 2.24) is 0 Å². The SMILES string of the molecule is Cc1cc(C)c(CC(CBr)Cc2ccccc2C)c(C)c1. The summed E-state index contributed by atoms with van der Waals surface area (Å²) in [5.74, 6) is 0.645. The molecule has 0 N–H and O–H groups in total. The maximum Gasteiger partial charge on any atom is 0.00660 e. The van der Waals surface area contributed by atoms with Gasteiger partial charge in [-0.05, 0) is 74.3 Å². The van der Waals surface area contributed by atoms with Crippen LogP contribution in [0.15, 0.2) is 36.4 Å². The van der Waals surface area contributed by atoms with Crippen molar-refractivity contribution in [3.05, 3.63) is 69.8 Å². The molecule has 0 saturated carbocycles. The van der Waals surface area contributed by atoms with Gasteiger partial charge < -0.3 is 0 Å². The number of rotatable bonds is 5. The van der Waals surface area contributed by atoms with E-state index in [2.05, 4.69) is 80.0 Å². The van der Waals surface area contributed by atoms with Crippen molar-refractivity contribution in [2.24, 2.45) is 5.92 Å². The fourth-order valence-corrected chi connectivity index (χ4v) is 3.61. The van der Waals surface area contributed by atoms with Crippen molar-refractivity contribution < 1.29 is 0 Å². The van der Waals surface area contributed by atoms with Gasteiger partial charge >= 0.3 is 0 Å². The highest BCUT2D eigenvalue weighted by Crippen LogP contribution is 2.24. The van der Waals surface area contributed by atoms with Crippen LogP contribution in [0.1, 0.15) is 33.4 Å². The lowest BCUT2D eigenvalue weighted by Crippen LogP contribution is -2.12. The van der Waals surface area contributed by atoms with Gasteiger partial charge in [-0.3, -0.25) is 0 Å². The third kappa shape index (κ3) is 4.20. The topological polar surface area (TPSA) is 0 Å². The summed E-state index contributed by atoms with van der Waals surface area (Å²) in [6.45, 7) is 8.88. The van der Waals surface area contributed by atoms with Gasteiger partial charge in [-0.1, -0.05) is 57.9 Å². The van der Waals surface area contributed by atoms with Gasteiger partial charge in [-0.2, -0.15) is 0 Å². The highest BCUT2D eigenvalue weighted by molar-refractivity contribution is 9.09. The summed E-state index contributed by atoms with van der Waals surface area (Å²) in [4.78, 5) is 0. The molecule has 1 atom stereocenters. The van der Waals surface area contributed by atoms with Crippen LogP contribution in [0.3, 0.4) is 0 Å². The fourth-order valence-electron chi connectivity index (χ4n) is 3.15. The summed E-state index contributed by atoms with van der Waals surface area (Å²) in [5, 5.41) is 1.05. The molecular formula is C20H25Br. The van der Waals surface area contributed by atoms with E-state index in [9.17, 15) is 0 Å². The minimum absolute atomic E-state index is 0.645. The molecule has 2 aromatic rings. The number of benzene rings is 2. The molecule has 0 spiro atoms. The summed E-state index contributed by atoms with van der Waals surface area (Å²) < 4.78 is 0. The molecule has 0 radical (unpaired) electrons. The Morgan fingerprint density at radius 3 is 2.05 bits per heavy atom. The monoisotopic (exact) mass is 344 g/mol. The van der Waals surface area contributed by atoms with E-state index in [0.29, 0.717) is 5.92 Å². The predicted octanol–water partition coefficient (Wildman–Crippen LogP) is 5.72. The standard InChI is InChI=1S/C20H25Br/c1-14-9-16(3)20(17(4)10-14)12-18(13-21)11-19-8-6-5-7-15(19)2/h5-10,18H,11-13H2,1-4H3. The van der Waals surface area contributed by atoms with Crippen LogP contribution in [0.25, 0.3) is 0 Å². The zero-order chi connectivity index (χ0) is 15.4. The Balaban J connectivity index is 2.19. The van der Waals surface area contributed by atoms with E-state index >= 15 is 0 Å². The number of aryl methyl sites for hydroxylation is 4. The molecule has 0 nitrogen and oxygen atoms in total. The van der Waals surface area contributed by atoms with Gasteiger partial charge in [0.2, 0.25) is 0 Å². The maximum absolute atomic E-state index is 3.72. The Kier molecular flexibility index (Phi) is 5.64. The third-order valence-electron chi connectivity index (χ3n) is 4.32. The van der Waals surface area contributed by atoms with E-state index in [1.54, 1.807) is 0 Å². The molecule has 0 heterocycles. The lowest BCUT2D eigenvalue weighted by molar-refractivity contribution is 0.586. The Morgan fingerprint density at radius 1 is 0.857 bits per heavy atom. The zero-order valence-corrected chi connectivity index (χ0v) is 15.1. The van der Waals surface area contributed by atoms with E-state index in [0.717, 1.165) is 18.2 Å². The average molecular weight is 345 g/mol. The molecule has 0 bridgehead atoms. The Morgan fingerprint density at radius 2 is 1.48 bits per heavy atom. The lowest BCUT2D eigenvalue weighted by Gasteiger charge is -2.19. The molecule has 21 heavy (non-hydrogen) atoms. The smallest absolute Gasteiger partial charge is 0.00660 e. The van der Waals surface area contributed by atoms with Crippen LogP contribution in [-0.4, -0.2) is 5.33 Å². The van der Waals surface area contributed by atoms with Crippen molar-refractivity contribution in [3.8, 4) is 0 Å². The highest BCUT2D eigenvalue weighted by Gasteiger charge is 2.14. The Hall–Kier alpha value is -1.08. The summed E-state index contributed by atoms with van der Waals surface area (Å²) in [5.41, 5.74) is 8.64. The van der Waals surface area contributed by atoms with Gasteiger partial charge in [0, 0.05) is 5.33 Å². The highest BCUT2D eigenvalue weighted by atomic mass is 79.9. The molecule has 1 unspecified atom stereocenters. The van der Waals surface area contributed by atoms with Crippen LogP contribution >= 0.6 is 15.9 Å². The molecule has 2 rings (SSSR count). The molecule has 112 valence electrons. The number of alkyl halides is 1. The molecule has 0 aliphatic heterocycles. The van der Waals surface area contributed by atoms with Crippen LogP contribution in [-0.2, 0) is 12.8 Å². The largest absolute Gasteiger partial charge is 0.0925 e. The minimum atomic E-state index is 0.645. The summed E-state index contributed by atoms with van der Waals surface area (Å²) in [6.07, 6.45) is 2.29. The first kappa shape index (κ1) is 16.3. The second-order valence-corrected chi connectivity index (χ2v) is 6.88. The van der Waals surface area contributed by atoms with Gasteiger partial charge in [-0.15, -0.1) is 0 Å². The van der Waals surface area contributed by atoms with Gasteiger partial charge in [-0.25, -0.2) is 0 Å². The van der Waals surface area contributed by atoms with Gasteiger partial charge in [0.15, 0.2) is 0 Å². The molecule has 0 aliphatic rings. The Labute approximate surface area is 137 Å². The van der Waals surface area contributed by atoms with Crippen LogP contribution in [0.2, 0.25) is 0 Å². The van der Waals surface area contributed by atoms with Gasteiger partial charge in [0.1, 0.15) is 0 Å². The second kappa shape index (κ2) is 7.26. The van der Waals surface area contributed by atoms with Crippen LogP contribution in [0.5, 0.6) is 0 Å². The Bertz CT molecular complexity index is 590. The predicted molar refractivity (Wildman–Crippen MR) is 96.5 cm³/mol. The van der Waals surface area contributed by atoms with Gasteiger partial charge in [0.25, 0.3) is 0 Å². The summed E-state index contributed by atoms with van der Waals surface area (Å²) >= 11 is 3.72. The van der Waals surface area contributed by atoms with Crippen LogP contribution < -0.4 is 0 Å². The normalized spacial score (nSPS) is 12.4. The van der Waals surface area contributed by atoms with Crippen molar-refractivity contribution in [1.29, 1.82) is 0 Å². The van der Waals surface area contributed by atoms with Crippen molar-refractivity contribution >= 4 is 15.9 Å². The molecular weight excluding hydrogens is 320 g/mol. The van der Waals surface area contributed by atoms with Crippen LogP contribution in [0, 0.1) is 33.6 Å². The first-order valence-corrected chi connectivity index (χ1v) is 8.80.